The molecule has 0 spiro atoms. The molecule has 0 bridgehead atoms. The van der Waals surface area contributed by atoms with Crippen LogP contribution < -0.4 is 5.32 Å². The Hall–Kier alpha value is -2.96. The molecule has 0 saturated heterocycles. The lowest BCUT2D eigenvalue weighted by Gasteiger charge is -2.14. The van der Waals surface area contributed by atoms with Crippen molar-refractivity contribution in [1.82, 2.24) is 5.32 Å². The van der Waals surface area contributed by atoms with Gasteiger partial charge in [0.1, 0.15) is 23.1 Å². The minimum Gasteiger partial charge on any atom is -0.483 e. The van der Waals surface area contributed by atoms with Crippen molar-refractivity contribution in [1.29, 1.82) is 0 Å². The molecule has 7 heteroatoms. The Morgan fingerprint density at radius 1 is 1.24 bits per heavy atom. The van der Waals surface area contributed by atoms with E-state index in [4.69, 9.17) is 9.84 Å². The Bertz CT molecular complexity index is 851. The molecule has 29 heavy (non-hydrogen) atoms. The van der Waals surface area contributed by atoms with E-state index in [0.29, 0.717) is 6.42 Å². The molecule has 0 aromatic heterocycles. The topological polar surface area (TPSA) is 58.6 Å². The fourth-order valence-electron chi connectivity index (χ4n) is 2.43. The van der Waals surface area contributed by atoms with E-state index in [9.17, 15) is 18.0 Å². The van der Waals surface area contributed by atoms with Crippen LogP contribution >= 0.6 is 0 Å². The van der Waals surface area contributed by atoms with Crippen molar-refractivity contribution in [3.8, 4) is 0 Å². The first-order chi connectivity index (χ1) is 13.6. The van der Waals surface area contributed by atoms with Crippen molar-refractivity contribution in [3.63, 3.8) is 0 Å². The monoisotopic (exact) mass is 409 g/mol. The van der Waals surface area contributed by atoms with Crippen LogP contribution in [0.1, 0.15) is 37.5 Å². The van der Waals surface area contributed by atoms with Gasteiger partial charge < -0.3 is 15.2 Å². The zero-order valence-electron chi connectivity index (χ0n) is 17.0. The second-order valence-electron chi connectivity index (χ2n) is 6.37. The molecular formula is C22H26F3NO3. The first kappa shape index (κ1) is 24.1. The van der Waals surface area contributed by atoms with Crippen molar-refractivity contribution in [2.45, 2.75) is 40.7 Å². The SMILES string of the molecule is C/C=C\C(F)=C/Cc1ccc(C)c(CNC(=C(/C)F)/C(F)=C(\C)OCC(=O)O)c1. The van der Waals surface area contributed by atoms with Gasteiger partial charge in [-0.1, -0.05) is 24.3 Å². The molecule has 158 valence electrons. The van der Waals surface area contributed by atoms with E-state index < -0.39 is 29.9 Å². The number of carboxylic acid groups (broad SMARTS) is 1. The Kier molecular flexibility index (Phi) is 9.79. The van der Waals surface area contributed by atoms with E-state index >= 15 is 0 Å². The van der Waals surface area contributed by atoms with Gasteiger partial charge in [0.05, 0.1) is 0 Å². The molecular weight excluding hydrogens is 383 g/mol. The van der Waals surface area contributed by atoms with Crippen LogP contribution in [0.4, 0.5) is 13.2 Å². The Labute approximate surface area is 169 Å². The summed E-state index contributed by atoms with van der Waals surface area (Å²) in [5.74, 6) is -3.74. The van der Waals surface area contributed by atoms with E-state index in [1.165, 1.54) is 19.1 Å². The van der Waals surface area contributed by atoms with Crippen LogP contribution in [0.3, 0.4) is 0 Å². The lowest BCUT2D eigenvalue weighted by molar-refractivity contribution is -0.140. The summed E-state index contributed by atoms with van der Waals surface area (Å²) in [7, 11) is 0. The predicted molar refractivity (Wildman–Crippen MR) is 107 cm³/mol. The number of halogens is 3. The van der Waals surface area contributed by atoms with Gasteiger partial charge in [-0.15, -0.1) is 0 Å². The highest BCUT2D eigenvalue weighted by molar-refractivity contribution is 5.68. The van der Waals surface area contributed by atoms with E-state index in [2.05, 4.69) is 5.32 Å². The first-order valence-electron chi connectivity index (χ1n) is 9.04. The first-order valence-corrected chi connectivity index (χ1v) is 9.04. The van der Waals surface area contributed by atoms with Crippen LogP contribution in [-0.2, 0) is 22.5 Å². The maximum atomic E-state index is 14.5. The molecule has 0 aliphatic rings. The van der Waals surface area contributed by atoms with Crippen molar-refractivity contribution >= 4 is 5.97 Å². The minimum atomic E-state index is -1.26. The van der Waals surface area contributed by atoms with Gasteiger partial charge in [-0.3, -0.25) is 0 Å². The molecule has 2 N–H and O–H groups in total. The Balaban J connectivity index is 2.97. The summed E-state index contributed by atoms with van der Waals surface area (Å²) >= 11 is 0. The van der Waals surface area contributed by atoms with Crippen LogP contribution in [0, 0.1) is 6.92 Å². The van der Waals surface area contributed by atoms with Crippen LogP contribution in [-0.4, -0.2) is 17.7 Å². The van der Waals surface area contributed by atoms with Gasteiger partial charge in [0, 0.05) is 6.54 Å². The normalized spacial score (nSPS) is 13.8. The van der Waals surface area contributed by atoms with E-state index in [1.807, 2.05) is 25.1 Å². The van der Waals surface area contributed by atoms with Gasteiger partial charge in [-0.05, 0) is 63.0 Å². The van der Waals surface area contributed by atoms with Gasteiger partial charge in [0.2, 0.25) is 0 Å². The number of rotatable bonds is 10. The third-order valence-electron chi connectivity index (χ3n) is 4.01. The molecule has 0 radical (unpaired) electrons. The molecule has 0 aliphatic carbocycles. The van der Waals surface area contributed by atoms with E-state index in [1.54, 1.807) is 13.0 Å². The van der Waals surface area contributed by atoms with Crippen molar-refractivity contribution in [3.05, 3.63) is 82.1 Å². The largest absolute Gasteiger partial charge is 0.483 e. The molecule has 4 nitrogen and oxygen atoms in total. The predicted octanol–water partition coefficient (Wildman–Crippen LogP) is 5.56. The smallest absolute Gasteiger partial charge is 0.341 e. The highest BCUT2D eigenvalue weighted by Gasteiger charge is 2.15. The standard InChI is InChI=1S/C22H26F3NO3/c1-5-6-19(24)10-9-17-8-7-14(2)18(11-17)12-26-22(15(3)23)21(25)16(4)29-13-20(27)28/h5-8,10-11,26H,9,12-13H2,1-4H3,(H,27,28)/b6-5-,19-10+,21-16-,22-15-. The fourth-order valence-corrected chi connectivity index (χ4v) is 2.43. The number of hydrogen-bond donors (Lipinski definition) is 2. The summed E-state index contributed by atoms with van der Waals surface area (Å²) in [5, 5.41) is 11.3. The molecule has 0 atom stereocenters. The number of allylic oxidation sites excluding steroid dienone is 7. The molecule has 0 aliphatic heterocycles. The van der Waals surface area contributed by atoms with E-state index in [0.717, 1.165) is 23.6 Å². The molecule has 1 rings (SSSR count). The van der Waals surface area contributed by atoms with Gasteiger partial charge in [0.15, 0.2) is 12.4 Å². The molecule has 0 heterocycles. The number of aryl methyl sites for hydroxylation is 1. The van der Waals surface area contributed by atoms with Crippen LogP contribution in [0.15, 0.2) is 65.4 Å². The number of hydrogen-bond acceptors (Lipinski definition) is 3. The van der Waals surface area contributed by atoms with Crippen molar-refractivity contribution < 1.29 is 27.8 Å². The molecule has 0 amide bonds. The second kappa shape index (κ2) is 11.8. The lowest BCUT2D eigenvalue weighted by atomic mass is 10.0. The van der Waals surface area contributed by atoms with Gasteiger partial charge in [-0.25, -0.2) is 18.0 Å². The molecule has 1 aromatic carbocycles. The summed E-state index contributed by atoms with van der Waals surface area (Å²) in [6.45, 7) is 5.29. The number of benzene rings is 1. The number of nitrogens with one attached hydrogen (secondary N) is 1. The zero-order valence-corrected chi connectivity index (χ0v) is 17.0. The summed E-state index contributed by atoms with van der Waals surface area (Å²) in [4.78, 5) is 10.5. The molecule has 0 unspecified atom stereocenters. The van der Waals surface area contributed by atoms with Crippen LogP contribution in [0.25, 0.3) is 0 Å². The highest BCUT2D eigenvalue weighted by Crippen LogP contribution is 2.21. The maximum absolute atomic E-state index is 14.5. The molecule has 1 aromatic rings. The second-order valence-corrected chi connectivity index (χ2v) is 6.37. The molecule has 0 fully saturated rings. The van der Waals surface area contributed by atoms with E-state index in [-0.39, 0.29) is 18.1 Å². The fraction of sp³-hybridized carbons (Fsp3) is 0.318. The lowest BCUT2D eigenvalue weighted by Crippen LogP contribution is -2.17. The molecule has 0 saturated carbocycles. The average molecular weight is 409 g/mol. The van der Waals surface area contributed by atoms with Gasteiger partial charge >= 0.3 is 5.97 Å². The number of ether oxygens (including phenoxy) is 1. The Morgan fingerprint density at radius 2 is 1.93 bits per heavy atom. The van der Waals surface area contributed by atoms with Crippen molar-refractivity contribution in [2.24, 2.45) is 0 Å². The summed E-state index contributed by atoms with van der Waals surface area (Å²) in [5.41, 5.74) is 2.14. The number of carboxylic acids is 1. The Morgan fingerprint density at radius 3 is 2.52 bits per heavy atom. The third kappa shape index (κ3) is 8.29. The number of aliphatic carboxylic acids is 1. The highest BCUT2D eigenvalue weighted by atomic mass is 19.1. The minimum absolute atomic E-state index is 0.122. The average Bonchev–Trinajstić information content (AvgIpc) is 2.66. The van der Waals surface area contributed by atoms with Crippen LogP contribution in [0.5, 0.6) is 0 Å². The third-order valence-corrected chi connectivity index (χ3v) is 4.01. The van der Waals surface area contributed by atoms with Crippen molar-refractivity contribution in [2.75, 3.05) is 6.61 Å². The summed E-state index contributed by atoms with van der Waals surface area (Å²) in [6.07, 6.45) is 4.80. The zero-order chi connectivity index (χ0) is 22.0. The summed E-state index contributed by atoms with van der Waals surface area (Å²) < 4.78 is 46.6. The number of carbonyl (C=O) groups is 1. The quantitative estimate of drug-likeness (QED) is 0.392. The maximum Gasteiger partial charge on any atom is 0.341 e. The van der Waals surface area contributed by atoms with Crippen LogP contribution in [0.2, 0.25) is 0 Å². The van der Waals surface area contributed by atoms with Gasteiger partial charge in [0.25, 0.3) is 0 Å². The summed E-state index contributed by atoms with van der Waals surface area (Å²) in [6, 6.07) is 5.55. The van der Waals surface area contributed by atoms with Gasteiger partial charge in [-0.2, -0.15) is 0 Å².